The van der Waals surface area contributed by atoms with Gasteiger partial charge in [0, 0.05) is 18.7 Å². The van der Waals surface area contributed by atoms with Gasteiger partial charge >= 0.3 is 0 Å². The summed E-state index contributed by atoms with van der Waals surface area (Å²) in [6, 6.07) is 2.71. The van der Waals surface area contributed by atoms with E-state index in [1.807, 2.05) is 6.92 Å². The van der Waals surface area contributed by atoms with E-state index < -0.39 is 6.04 Å². The SMILES string of the molecule is CCC1C(=O)NCCN1C(=O)c1cc(Cl)c2c(c1)OCO2. The van der Waals surface area contributed by atoms with Crippen LogP contribution < -0.4 is 14.8 Å². The normalized spacial score (nSPS) is 20.4. The number of ether oxygens (including phenoxy) is 2. The van der Waals surface area contributed by atoms with E-state index in [1.54, 1.807) is 17.0 Å². The second kappa shape index (κ2) is 5.44. The van der Waals surface area contributed by atoms with E-state index in [4.69, 9.17) is 21.1 Å². The molecular formula is C14H15ClN2O4. The number of halogens is 1. The van der Waals surface area contributed by atoms with Crippen LogP contribution in [0.2, 0.25) is 5.02 Å². The summed E-state index contributed by atoms with van der Waals surface area (Å²) in [5.41, 5.74) is 0.400. The summed E-state index contributed by atoms with van der Waals surface area (Å²) in [6.45, 7) is 2.91. The van der Waals surface area contributed by atoms with Gasteiger partial charge in [-0.05, 0) is 18.6 Å². The topological polar surface area (TPSA) is 67.9 Å². The highest BCUT2D eigenvalue weighted by atomic mass is 35.5. The fraction of sp³-hybridized carbons (Fsp3) is 0.429. The molecule has 112 valence electrons. The van der Waals surface area contributed by atoms with Crippen LogP contribution in [-0.4, -0.2) is 42.6 Å². The molecule has 3 rings (SSSR count). The Kier molecular flexibility index (Phi) is 3.63. The van der Waals surface area contributed by atoms with Crippen molar-refractivity contribution in [3.05, 3.63) is 22.7 Å². The predicted molar refractivity (Wildman–Crippen MR) is 75.7 cm³/mol. The Morgan fingerprint density at radius 1 is 1.48 bits per heavy atom. The lowest BCUT2D eigenvalue weighted by Gasteiger charge is -2.34. The zero-order chi connectivity index (χ0) is 15.0. The number of carbonyl (C=O) groups is 2. The van der Waals surface area contributed by atoms with Crippen LogP contribution in [0.5, 0.6) is 11.5 Å². The van der Waals surface area contributed by atoms with Crippen molar-refractivity contribution in [3.63, 3.8) is 0 Å². The minimum absolute atomic E-state index is 0.0937. The van der Waals surface area contributed by atoms with Gasteiger partial charge in [0.2, 0.25) is 12.7 Å². The van der Waals surface area contributed by atoms with Crippen LogP contribution in [0.4, 0.5) is 0 Å². The standard InChI is InChI=1S/C14H15ClN2O4/c1-2-10-13(18)16-3-4-17(10)14(19)8-5-9(15)12-11(6-8)20-7-21-12/h5-6,10H,2-4,7H2,1H3,(H,16,18). The lowest BCUT2D eigenvalue weighted by atomic mass is 10.1. The van der Waals surface area contributed by atoms with Crippen LogP contribution in [0.25, 0.3) is 0 Å². The Labute approximate surface area is 127 Å². The predicted octanol–water partition coefficient (Wildman–Crippen LogP) is 1.42. The van der Waals surface area contributed by atoms with Gasteiger partial charge in [0.1, 0.15) is 6.04 Å². The first kappa shape index (κ1) is 14.0. The lowest BCUT2D eigenvalue weighted by molar-refractivity contribution is -0.127. The van der Waals surface area contributed by atoms with Crippen LogP contribution in [0.1, 0.15) is 23.7 Å². The number of hydrogen-bond acceptors (Lipinski definition) is 4. The Morgan fingerprint density at radius 2 is 2.29 bits per heavy atom. The van der Waals surface area contributed by atoms with Gasteiger partial charge in [0.05, 0.1) is 5.02 Å². The number of piperazine rings is 1. The lowest BCUT2D eigenvalue weighted by Crippen LogP contribution is -2.56. The van der Waals surface area contributed by atoms with E-state index in [-0.39, 0.29) is 18.6 Å². The van der Waals surface area contributed by atoms with Crippen molar-refractivity contribution in [3.8, 4) is 11.5 Å². The maximum absolute atomic E-state index is 12.7. The van der Waals surface area contributed by atoms with Crippen LogP contribution in [0.15, 0.2) is 12.1 Å². The minimum atomic E-state index is -0.449. The summed E-state index contributed by atoms with van der Waals surface area (Å²) in [7, 11) is 0. The highest BCUT2D eigenvalue weighted by Crippen LogP contribution is 2.40. The monoisotopic (exact) mass is 310 g/mol. The van der Waals surface area contributed by atoms with Crippen molar-refractivity contribution < 1.29 is 19.1 Å². The molecule has 0 aromatic heterocycles. The third-order valence-electron chi connectivity index (χ3n) is 3.65. The van der Waals surface area contributed by atoms with Crippen molar-refractivity contribution in [2.24, 2.45) is 0 Å². The fourth-order valence-electron chi connectivity index (χ4n) is 2.62. The van der Waals surface area contributed by atoms with E-state index in [2.05, 4.69) is 5.32 Å². The molecule has 1 atom stereocenters. The van der Waals surface area contributed by atoms with Gasteiger partial charge in [0.15, 0.2) is 11.5 Å². The van der Waals surface area contributed by atoms with E-state index in [0.717, 1.165) is 0 Å². The molecule has 2 heterocycles. The third-order valence-corrected chi connectivity index (χ3v) is 3.93. The van der Waals surface area contributed by atoms with Gasteiger partial charge < -0.3 is 19.7 Å². The first-order valence-electron chi connectivity index (χ1n) is 6.79. The summed E-state index contributed by atoms with van der Waals surface area (Å²) >= 11 is 6.10. The van der Waals surface area contributed by atoms with E-state index in [0.29, 0.717) is 41.6 Å². The second-order valence-electron chi connectivity index (χ2n) is 4.91. The Hall–Kier alpha value is -1.95. The number of benzene rings is 1. The van der Waals surface area contributed by atoms with Crippen LogP contribution >= 0.6 is 11.6 Å². The number of nitrogens with one attached hydrogen (secondary N) is 1. The van der Waals surface area contributed by atoms with Crippen LogP contribution in [0.3, 0.4) is 0 Å². The fourth-order valence-corrected chi connectivity index (χ4v) is 2.89. The number of carbonyl (C=O) groups excluding carboxylic acids is 2. The average molecular weight is 311 g/mol. The van der Waals surface area contributed by atoms with Gasteiger partial charge in [-0.3, -0.25) is 9.59 Å². The van der Waals surface area contributed by atoms with Crippen molar-refractivity contribution in [1.29, 1.82) is 0 Å². The Balaban J connectivity index is 1.91. The smallest absolute Gasteiger partial charge is 0.254 e. The summed E-state index contributed by atoms with van der Waals surface area (Å²) in [4.78, 5) is 26.1. The molecule has 1 aromatic rings. The molecule has 0 aliphatic carbocycles. The first-order chi connectivity index (χ1) is 10.1. The highest BCUT2D eigenvalue weighted by Gasteiger charge is 2.33. The number of nitrogens with zero attached hydrogens (tertiary/aromatic N) is 1. The van der Waals surface area contributed by atoms with Gasteiger partial charge in [-0.2, -0.15) is 0 Å². The van der Waals surface area contributed by atoms with Crippen molar-refractivity contribution >= 4 is 23.4 Å². The van der Waals surface area contributed by atoms with Crippen LogP contribution in [0, 0.1) is 0 Å². The molecule has 1 N–H and O–H groups in total. The molecule has 2 amide bonds. The van der Waals surface area contributed by atoms with E-state index in [9.17, 15) is 9.59 Å². The maximum Gasteiger partial charge on any atom is 0.254 e. The second-order valence-corrected chi connectivity index (χ2v) is 5.31. The maximum atomic E-state index is 12.7. The number of fused-ring (bicyclic) bond motifs is 1. The molecule has 1 aromatic carbocycles. The molecule has 0 radical (unpaired) electrons. The number of amides is 2. The summed E-state index contributed by atoms with van der Waals surface area (Å²) in [6.07, 6.45) is 0.565. The molecule has 2 aliphatic heterocycles. The zero-order valence-electron chi connectivity index (χ0n) is 11.5. The van der Waals surface area contributed by atoms with Crippen molar-refractivity contribution in [1.82, 2.24) is 10.2 Å². The molecular weight excluding hydrogens is 296 g/mol. The summed E-state index contributed by atoms with van der Waals surface area (Å²) in [5, 5.41) is 3.10. The highest BCUT2D eigenvalue weighted by molar-refractivity contribution is 6.32. The van der Waals surface area contributed by atoms with Crippen molar-refractivity contribution in [2.75, 3.05) is 19.9 Å². The quantitative estimate of drug-likeness (QED) is 0.897. The van der Waals surface area contributed by atoms with Gasteiger partial charge in [-0.25, -0.2) is 0 Å². The van der Waals surface area contributed by atoms with E-state index in [1.165, 1.54) is 0 Å². The molecule has 0 saturated carbocycles. The molecule has 1 fully saturated rings. The minimum Gasteiger partial charge on any atom is -0.454 e. The number of rotatable bonds is 2. The first-order valence-corrected chi connectivity index (χ1v) is 7.17. The number of hydrogen-bond donors (Lipinski definition) is 1. The molecule has 0 spiro atoms. The summed E-state index contributed by atoms with van der Waals surface area (Å²) < 4.78 is 10.5. The molecule has 21 heavy (non-hydrogen) atoms. The molecule has 0 bridgehead atoms. The molecule has 6 nitrogen and oxygen atoms in total. The van der Waals surface area contributed by atoms with E-state index >= 15 is 0 Å². The molecule has 1 saturated heterocycles. The Morgan fingerprint density at radius 3 is 3.05 bits per heavy atom. The molecule has 7 heteroatoms. The summed E-state index contributed by atoms with van der Waals surface area (Å²) in [5.74, 6) is 0.567. The molecule has 1 unspecified atom stereocenters. The molecule has 2 aliphatic rings. The van der Waals surface area contributed by atoms with Crippen molar-refractivity contribution in [2.45, 2.75) is 19.4 Å². The van der Waals surface area contributed by atoms with Gasteiger partial charge in [-0.15, -0.1) is 0 Å². The largest absolute Gasteiger partial charge is 0.454 e. The van der Waals surface area contributed by atoms with Gasteiger partial charge in [-0.1, -0.05) is 18.5 Å². The van der Waals surface area contributed by atoms with Gasteiger partial charge in [0.25, 0.3) is 5.91 Å². The van der Waals surface area contributed by atoms with Crippen LogP contribution in [-0.2, 0) is 4.79 Å². The third kappa shape index (κ3) is 2.40. The Bertz CT molecular complexity index is 605. The average Bonchev–Trinajstić information content (AvgIpc) is 2.95. The zero-order valence-corrected chi connectivity index (χ0v) is 12.3.